The van der Waals surface area contributed by atoms with Gasteiger partial charge in [0.2, 0.25) is 0 Å². The van der Waals surface area contributed by atoms with Crippen LogP contribution in [0.1, 0.15) is 34.1 Å². The predicted molar refractivity (Wildman–Crippen MR) is 118 cm³/mol. The third-order valence-corrected chi connectivity index (χ3v) is 5.79. The first-order valence-electron chi connectivity index (χ1n) is 10.1. The highest BCUT2D eigenvalue weighted by atomic mass is 16.5. The number of methoxy groups -OCH3 is 1. The van der Waals surface area contributed by atoms with Gasteiger partial charge in [-0.2, -0.15) is 5.10 Å². The molecule has 164 valence electrons. The van der Waals surface area contributed by atoms with E-state index in [1.165, 1.54) is 4.90 Å². The number of aryl methyl sites for hydroxylation is 2. The van der Waals surface area contributed by atoms with Gasteiger partial charge < -0.3 is 14.7 Å². The Balaban J connectivity index is 1.90. The van der Waals surface area contributed by atoms with E-state index in [1.807, 2.05) is 13.0 Å². The number of Topliss-reactive ketones (excluding diaryl/α,β-unsaturated/α-hetero) is 1. The molecular formula is C24H24N4O4. The number of nitrogens with zero attached hydrogens (tertiary/aromatic N) is 4. The van der Waals surface area contributed by atoms with Crippen LogP contribution in [0.2, 0.25) is 0 Å². The highest BCUT2D eigenvalue weighted by Gasteiger charge is 2.46. The second kappa shape index (κ2) is 8.30. The van der Waals surface area contributed by atoms with Crippen LogP contribution in [0.4, 0.5) is 0 Å². The molecule has 1 aliphatic rings. The predicted octanol–water partition coefficient (Wildman–Crippen LogP) is 3.06. The lowest BCUT2D eigenvalue weighted by Gasteiger charge is -2.25. The molecule has 32 heavy (non-hydrogen) atoms. The maximum Gasteiger partial charge on any atom is 0.295 e. The number of carbonyl (C=O) groups excluding carboxylic acids is 2. The van der Waals surface area contributed by atoms with Gasteiger partial charge in [-0.3, -0.25) is 19.3 Å². The van der Waals surface area contributed by atoms with Gasteiger partial charge in [0.1, 0.15) is 11.5 Å². The SMILES string of the molecule is COc1ccc(C2C(=C(O)c3c(C)nn(C)c3C)C(=O)C(=O)N2Cc2cccnc2)cc1. The van der Waals surface area contributed by atoms with Crippen molar-refractivity contribution in [2.45, 2.75) is 26.4 Å². The van der Waals surface area contributed by atoms with Gasteiger partial charge in [0.15, 0.2) is 0 Å². The number of rotatable bonds is 5. The summed E-state index contributed by atoms with van der Waals surface area (Å²) in [5.41, 5.74) is 3.26. The van der Waals surface area contributed by atoms with Crippen molar-refractivity contribution in [1.82, 2.24) is 19.7 Å². The number of carbonyl (C=O) groups is 2. The number of pyridine rings is 1. The van der Waals surface area contributed by atoms with Gasteiger partial charge in [-0.15, -0.1) is 0 Å². The monoisotopic (exact) mass is 432 g/mol. The van der Waals surface area contributed by atoms with E-state index >= 15 is 0 Å². The quantitative estimate of drug-likeness (QED) is 0.378. The minimum Gasteiger partial charge on any atom is -0.507 e. The summed E-state index contributed by atoms with van der Waals surface area (Å²) in [6.45, 7) is 3.75. The third kappa shape index (κ3) is 3.53. The summed E-state index contributed by atoms with van der Waals surface area (Å²) in [5.74, 6) is -0.969. The average molecular weight is 432 g/mol. The number of aliphatic hydroxyl groups is 1. The smallest absolute Gasteiger partial charge is 0.295 e. The lowest BCUT2D eigenvalue weighted by Crippen LogP contribution is -2.29. The average Bonchev–Trinajstić information content (AvgIpc) is 3.20. The Bertz CT molecular complexity index is 1210. The van der Waals surface area contributed by atoms with Crippen molar-refractivity contribution in [2.75, 3.05) is 7.11 Å². The number of hydrogen-bond donors (Lipinski definition) is 1. The van der Waals surface area contributed by atoms with Crippen LogP contribution < -0.4 is 4.74 Å². The van der Waals surface area contributed by atoms with Crippen molar-refractivity contribution in [3.8, 4) is 5.75 Å². The van der Waals surface area contributed by atoms with Gasteiger partial charge in [-0.25, -0.2) is 0 Å². The van der Waals surface area contributed by atoms with Crippen LogP contribution in [0.25, 0.3) is 5.76 Å². The summed E-state index contributed by atoms with van der Waals surface area (Å²) in [6.07, 6.45) is 3.30. The third-order valence-electron chi connectivity index (χ3n) is 5.79. The molecule has 8 nitrogen and oxygen atoms in total. The minimum absolute atomic E-state index is 0.0447. The molecule has 0 radical (unpaired) electrons. The van der Waals surface area contributed by atoms with Gasteiger partial charge in [0.05, 0.1) is 30.0 Å². The standard InChI is InChI=1S/C24H24N4O4/c1-14-19(15(2)27(3)26-14)22(29)20-21(17-7-9-18(32-4)10-8-17)28(24(31)23(20)30)13-16-6-5-11-25-12-16/h5-12,21,29H,13H2,1-4H3. The summed E-state index contributed by atoms with van der Waals surface area (Å²) in [7, 11) is 3.33. The zero-order valence-electron chi connectivity index (χ0n) is 18.4. The fourth-order valence-electron chi connectivity index (χ4n) is 4.12. The summed E-state index contributed by atoms with van der Waals surface area (Å²) in [4.78, 5) is 31.9. The molecule has 1 aliphatic heterocycles. The van der Waals surface area contributed by atoms with E-state index in [1.54, 1.807) is 68.5 Å². The Morgan fingerprint density at radius 1 is 1.16 bits per heavy atom. The molecule has 1 atom stereocenters. The van der Waals surface area contributed by atoms with E-state index in [2.05, 4.69) is 10.1 Å². The zero-order chi connectivity index (χ0) is 23.0. The van der Waals surface area contributed by atoms with Crippen LogP contribution in [0, 0.1) is 13.8 Å². The molecule has 3 heterocycles. The van der Waals surface area contributed by atoms with E-state index in [0.29, 0.717) is 28.3 Å². The Kier molecular flexibility index (Phi) is 5.52. The van der Waals surface area contributed by atoms with Crippen LogP contribution in [0.5, 0.6) is 5.75 Å². The minimum atomic E-state index is -0.764. The number of hydrogen-bond acceptors (Lipinski definition) is 6. The van der Waals surface area contributed by atoms with Gasteiger partial charge >= 0.3 is 0 Å². The number of ether oxygens (including phenoxy) is 1. The van der Waals surface area contributed by atoms with E-state index in [9.17, 15) is 14.7 Å². The van der Waals surface area contributed by atoms with E-state index in [-0.39, 0.29) is 17.9 Å². The topological polar surface area (TPSA) is 97.5 Å². The van der Waals surface area contributed by atoms with Crippen LogP contribution in [0.15, 0.2) is 54.4 Å². The van der Waals surface area contributed by atoms with Gasteiger partial charge in [-0.1, -0.05) is 18.2 Å². The molecule has 8 heteroatoms. The number of ketones is 1. The Hall–Kier alpha value is -3.94. The van der Waals surface area contributed by atoms with Crippen LogP contribution in [-0.2, 0) is 23.2 Å². The number of amides is 1. The van der Waals surface area contributed by atoms with Crippen LogP contribution >= 0.6 is 0 Å². The largest absolute Gasteiger partial charge is 0.507 e. The molecule has 1 N–H and O–H groups in total. The molecular weight excluding hydrogens is 408 g/mol. The summed E-state index contributed by atoms with van der Waals surface area (Å²) in [5, 5.41) is 15.6. The van der Waals surface area contributed by atoms with E-state index < -0.39 is 17.7 Å². The molecule has 0 bridgehead atoms. The summed E-state index contributed by atoms with van der Waals surface area (Å²) in [6, 6.07) is 9.97. The number of aliphatic hydroxyl groups excluding tert-OH is 1. The van der Waals surface area contributed by atoms with E-state index in [0.717, 1.165) is 5.56 Å². The molecule has 1 unspecified atom stereocenters. The number of benzene rings is 1. The maximum atomic E-state index is 13.2. The molecule has 2 aromatic heterocycles. The van der Waals surface area contributed by atoms with Crippen molar-refractivity contribution >= 4 is 17.4 Å². The first kappa shape index (κ1) is 21.3. The van der Waals surface area contributed by atoms with Crippen molar-refractivity contribution in [3.63, 3.8) is 0 Å². The molecule has 0 saturated carbocycles. The first-order chi connectivity index (χ1) is 15.3. The highest BCUT2D eigenvalue weighted by molar-refractivity contribution is 6.46. The van der Waals surface area contributed by atoms with Crippen LogP contribution in [-0.4, -0.2) is 43.6 Å². The molecule has 1 saturated heterocycles. The number of likely N-dealkylation sites (tertiary alicyclic amines) is 1. The van der Waals surface area contributed by atoms with Crippen molar-refractivity contribution < 1.29 is 19.4 Å². The summed E-state index contributed by atoms with van der Waals surface area (Å²) < 4.78 is 6.88. The molecule has 1 amide bonds. The fourth-order valence-corrected chi connectivity index (χ4v) is 4.12. The zero-order valence-corrected chi connectivity index (χ0v) is 18.4. The summed E-state index contributed by atoms with van der Waals surface area (Å²) >= 11 is 0. The van der Waals surface area contributed by atoms with E-state index in [4.69, 9.17) is 4.74 Å². The second-order valence-corrected chi connectivity index (χ2v) is 7.73. The Morgan fingerprint density at radius 2 is 1.88 bits per heavy atom. The van der Waals surface area contributed by atoms with Crippen molar-refractivity contribution in [3.05, 3.63) is 82.4 Å². The lowest BCUT2D eigenvalue weighted by molar-refractivity contribution is -0.140. The fraction of sp³-hybridized carbons (Fsp3) is 0.250. The lowest BCUT2D eigenvalue weighted by atomic mass is 9.94. The van der Waals surface area contributed by atoms with Gasteiger partial charge in [0.25, 0.3) is 11.7 Å². The van der Waals surface area contributed by atoms with Gasteiger partial charge in [-0.05, 0) is 43.2 Å². The second-order valence-electron chi connectivity index (χ2n) is 7.73. The molecule has 3 aromatic rings. The van der Waals surface area contributed by atoms with Crippen molar-refractivity contribution in [1.29, 1.82) is 0 Å². The molecule has 1 aromatic carbocycles. The number of aromatic nitrogens is 3. The Morgan fingerprint density at radius 3 is 2.44 bits per heavy atom. The first-order valence-corrected chi connectivity index (χ1v) is 10.1. The molecule has 1 fully saturated rings. The van der Waals surface area contributed by atoms with Crippen molar-refractivity contribution in [2.24, 2.45) is 7.05 Å². The van der Waals surface area contributed by atoms with Crippen LogP contribution in [0.3, 0.4) is 0 Å². The maximum absolute atomic E-state index is 13.2. The molecule has 4 rings (SSSR count). The Labute approximate surface area is 185 Å². The highest BCUT2D eigenvalue weighted by Crippen LogP contribution is 2.41. The molecule has 0 aliphatic carbocycles. The molecule has 0 spiro atoms. The normalized spacial score (nSPS) is 17.8. The van der Waals surface area contributed by atoms with Gasteiger partial charge in [0, 0.05) is 31.7 Å².